The molecule has 0 saturated carbocycles. The molecular weight excluding hydrogens is 264 g/mol. The number of carboxylic acids is 1. The van der Waals surface area contributed by atoms with Gasteiger partial charge >= 0.3 is 5.97 Å². The first-order chi connectivity index (χ1) is 9.36. The summed E-state index contributed by atoms with van der Waals surface area (Å²) in [6.07, 6.45) is 1.63. The van der Waals surface area contributed by atoms with Gasteiger partial charge in [0, 0.05) is 19.9 Å². The van der Waals surface area contributed by atoms with Gasteiger partial charge in [-0.05, 0) is 12.8 Å². The molecule has 2 amide bonds. The number of β-amino-alcohol motifs (C(OH)–C–C–N with tert-alkyl or cyclic N) is 1. The van der Waals surface area contributed by atoms with Crippen molar-refractivity contribution in [3.63, 3.8) is 0 Å². The Bertz CT molecular complexity index is 410. The summed E-state index contributed by atoms with van der Waals surface area (Å²) in [5.74, 6) is -2.00. The number of carboxylic acid groups (broad SMARTS) is 1. The zero-order valence-electron chi connectivity index (χ0n) is 11.4. The molecule has 1 rings (SSSR count). The van der Waals surface area contributed by atoms with E-state index in [1.165, 1.54) is 11.8 Å². The van der Waals surface area contributed by atoms with Crippen molar-refractivity contribution < 1.29 is 24.6 Å². The second kappa shape index (κ2) is 7.04. The van der Waals surface area contributed by atoms with Crippen LogP contribution in [-0.4, -0.2) is 57.6 Å². The Balaban J connectivity index is 2.70. The fourth-order valence-corrected chi connectivity index (χ4v) is 2.22. The lowest BCUT2D eigenvalue weighted by atomic mass is 10.1. The fraction of sp³-hybridized carbons (Fsp3) is 0.615. The van der Waals surface area contributed by atoms with Crippen LogP contribution in [0.2, 0.25) is 0 Å². The van der Waals surface area contributed by atoms with E-state index in [9.17, 15) is 19.5 Å². The average molecular weight is 284 g/mol. The number of carbonyl (C=O) groups is 3. The molecule has 1 saturated heterocycles. The molecule has 1 fully saturated rings. The standard InChI is InChI=1S/C13H20N2O5/c1-3-4-5-10(13(19)20)14-12(18)11-6-9(17)7-15(11)8(2)16/h3,9-11,17H,1,4-7H2,2H3,(H,14,18)(H,19,20)/t9-,10+,11+/m1/s1. The minimum Gasteiger partial charge on any atom is -0.480 e. The number of nitrogens with one attached hydrogen (secondary N) is 1. The minimum absolute atomic E-state index is 0.0951. The van der Waals surface area contributed by atoms with Crippen molar-refractivity contribution in [1.82, 2.24) is 10.2 Å². The van der Waals surface area contributed by atoms with Gasteiger partial charge in [-0.15, -0.1) is 6.58 Å². The lowest BCUT2D eigenvalue weighted by Gasteiger charge is -2.23. The van der Waals surface area contributed by atoms with E-state index in [4.69, 9.17) is 5.11 Å². The van der Waals surface area contributed by atoms with Crippen LogP contribution >= 0.6 is 0 Å². The smallest absolute Gasteiger partial charge is 0.326 e. The van der Waals surface area contributed by atoms with Crippen LogP contribution in [0.5, 0.6) is 0 Å². The number of aliphatic hydroxyl groups is 1. The van der Waals surface area contributed by atoms with E-state index in [0.29, 0.717) is 6.42 Å². The van der Waals surface area contributed by atoms with Crippen molar-refractivity contribution >= 4 is 17.8 Å². The van der Waals surface area contributed by atoms with Gasteiger partial charge in [0.25, 0.3) is 0 Å². The van der Waals surface area contributed by atoms with Crippen LogP contribution < -0.4 is 5.32 Å². The molecule has 1 aliphatic heterocycles. The number of hydrogen-bond acceptors (Lipinski definition) is 4. The molecule has 0 radical (unpaired) electrons. The van der Waals surface area contributed by atoms with Crippen LogP contribution in [0.15, 0.2) is 12.7 Å². The van der Waals surface area contributed by atoms with Crippen LogP contribution in [0.4, 0.5) is 0 Å². The number of nitrogens with zero attached hydrogens (tertiary/aromatic N) is 1. The molecule has 3 N–H and O–H groups in total. The maximum Gasteiger partial charge on any atom is 0.326 e. The monoisotopic (exact) mass is 284 g/mol. The normalized spacial score (nSPS) is 23.2. The van der Waals surface area contributed by atoms with Gasteiger partial charge in [-0.25, -0.2) is 4.79 Å². The van der Waals surface area contributed by atoms with Gasteiger partial charge in [-0.3, -0.25) is 9.59 Å². The van der Waals surface area contributed by atoms with E-state index in [2.05, 4.69) is 11.9 Å². The molecule has 0 bridgehead atoms. The van der Waals surface area contributed by atoms with Crippen LogP contribution in [0, 0.1) is 0 Å². The van der Waals surface area contributed by atoms with Gasteiger partial charge in [-0.1, -0.05) is 6.08 Å². The number of allylic oxidation sites excluding steroid dienone is 1. The second-order valence-electron chi connectivity index (χ2n) is 4.84. The molecule has 0 aromatic heterocycles. The summed E-state index contributed by atoms with van der Waals surface area (Å²) < 4.78 is 0. The highest BCUT2D eigenvalue weighted by atomic mass is 16.4. The number of rotatable bonds is 6. The molecule has 0 spiro atoms. The molecule has 3 atom stereocenters. The molecule has 7 heteroatoms. The number of amides is 2. The van der Waals surface area contributed by atoms with Crippen molar-refractivity contribution in [3.05, 3.63) is 12.7 Å². The lowest BCUT2D eigenvalue weighted by molar-refractivity contribution is -0.143. The maximum absolute atomic E-state index is 12.1. The SMILES string of the molecule is C=CCC[C@H](NC(=O)[C@@H]1C[C@@H](O)CN1C(C)=O)C(=O)O. The molecule has 0 aliphatic carbocycles. The van der Waals surface area contributed by atoms with Crippen molar-refractivity contribution in [1.29, 1.82) is 0 Å². The molecule has 112 valence electrons. The van der Waals surface area contributed by atoms with E-state index < -0.39 is 30.1 Å². The lowest BCUT2D eigenvalue weighted by Crippen LogP contribution is -2.50. The average Bonchev–Trinajstić information content (AvgIpc) is 2.76. The van der Waals surface area contributed by atoms with Crippen LogP contribution in [0.3, 0.4) is 0 Å². The fourth-order valence-electron chi connectivity index (χ4n) is 2.22. The van der Waals surface area contributed by atoms with Gasteiger partial charge in [0.15, 0.2) is 0 Å². The Morgan fingerprint density at radius 2 is 2.15 bits per heavy atom. The first-order valence-electron chi connectivity index (χ1n) is 6.46. The third-order valence-corrected chi connectivity index (χ3v) is 3.26. The number of likely N-dealkylation sites (tertiary alicyclic amines) is 1. The predicted molar refractivity (Wildman–Crippen MR) is 70.8 cm³/mol. The van der Waals surface area contributed by atoms with Gasteiger partial charge < -0.3 is 20.4 Å². The molecule has 0 unspecified atom stereocenters. The number of aliphatic carboxylic acids is 1. The molecular formula is C13H20N2O5. The van der Waals surface area contributed by atoms with Gasteiger partial charge in [0.2, 0.25) is 11.8 Å². The Morgan fingerprint density at radius 3 is 2.65 bits per heavy atom. The summed E-state index contributed by atoms with van der Waals surface area (Å²) >= 11 is 0. The Morgan fingerprint density at radius 1 is 1.50 bits per heavy atom. The van der Waals surface area contributed by atoms with Gasteiger partial charge in [0.1, 0.15) is 12.1 Å². The third kappa shape index (κ3) is 4.06. The summed E-state index contributed by atoms with van der Waals surface area (Å²) in [4.78, 5) is 35.8. The third-order valence-electron chi connectivity index (χ3n) is 3.26. The van der Waals surface area contributed by atoms with Crippen LogP contribution in [-0.2, 0) is 14.4 Å². The highest BCUT2D eigenvalue weighted by Gasteiger charge is 2.38. The summed E-state index contributed by atoms with van der Waals surface area (Å²) in [5, 5.41) is 21.0. The summed E-state index contributed by atoms with van der Waals surface area (Å²) in [5.41, 5.74) is 0. The largest absolute Gasteiger partial charge is 0.480 e. The highest BCUT2D eigenvalue weighted by Crippen LogP contribution is 2.18. The quantitative estimate of drug-likeness (QED) is 0.570. The van der Waals surface area contributed by atoms with Crippen molar-refractivity contribution in [2.75, 3.05) is 6.54 Å². The Kier molecular flexibility index (Phi) is 5.69. The van der Waals surface area contributed by atoms with Gasteiger partial charge in [-0.2, -0.15) is 0 Å². The predicted octanol–water partition coefficient (Wildman–Crippen LogP) is -0.496. The molecule has 0 aromatic rings. The van der Waals surface area contributed by atoms with Crippen molar-refractivity contribution in [2.45, 2.75) is 44.4 Å². The number of carbonyl (C=O) groups excluding carboxylic acids is 2. The van der Waals surface area contributed by atoms with E-state index in [1.54, 1.807) is 6.08 Å². The topological polar surface area (TPSA) is 107 Å². The second-order valence-corrected chi connectivity index (χ2v) is 4.84. The van der Waals surface area contributed by atoms with E-state index in [-0.39, 0.29) is 25.3 Å². The summed E-state index contributed by atoms with van der Waals surface area (Å²) in [6.45, 7) is 4.91. The first-order valence-corrected chi connectivity index (χ1v) is 6.46. The Labute approximate surface area is 117 Å². The maximum atomic E-state index is 12.1. The zero-order valence-corrected chi connectivity index (χ0v) is 11.4. The number of aliphatic hydroxyl groups excluding tert-OH is 1. The minimum atomic E-state index is -1.13. The summed E-state index contributed by atoms with van der Waals surface area (Å²) in [7, 11) is 0. The number of hydrogen-bond donors (Lipinski definition) is 3. The van der Waals surface area contributed by atoms with Crippen LogP contribution in [0.1, 0.15) is 26.2 Å². The van der Waals surface area contributed by atoms with Crippen molar-refractivity contribution in [3.8, 4) is 0 Å². The summed E-state index contributed by atoms with van der Waals surface area (Å²) in [6, 6.07) is -1.83. The molecule has 1 heterocycles. The Hall–Kier alpha value is -1.89. The first kappa shape index (κ1) is 16.2. The molecule has 20 heavy (non-hydrogen) atoms. The van der Waals surface area contributed by atoms with Gasteiger partial charge in [0.05, 0.1) is 6.10 Å². The van der Waals surface area contributed by atoms with E-state index >= 15 is 0 Å². The molecule has 1 aliphatic rings. The highest BCUT2D eigenvalue weighted by molar-refractivity contribution is 5.90. The van der Waals surface area contributed by atoms with Crippen molar-refractivity contribution in [2.24, 2.45) is 0 Å². The van der Waals surface area contributed by atoms with E-state index in [1.807, 2.05) is 0 Å². The van der Waals surface area contributed by atoms with E-state index in [0.717, 1.165) is 0 Å². The molecule has 0 aromatic carbocycles. The zero-order chi connectivity index (χ0) is 15.3. The molecule has 7 nitrogen and oxygen atoms in total. The van der Waals surface area contributed by atoms with Crippen LogP contribution in [0.25, 0.3) is 0 Å².